The van der Waals surface area contributed by atoms with Crippen molar-refractivity contribution in [2.24, 2.45) is 0 Å². The Morgan fingerprint density at radius 3 is 2.04 bits per heavy atom. The molecule has 11 heteroatoms. The lowest BCUT2D eigenvalue weighted by molar-refractivity contribution is -0.140. The van der Waals surface area contributed by atoms with E-state index in [1.165, 1.54) is 48.4 Å². The van der Waals surface area contributed by atoms with E-state index in [0.717, 1.165) is 9.87 Å². The van der Waals surface area contributed by atoms with E-state index in [1.54, 1.807) is 37.4 Å². The Bertz CT molecular complexity index is 1720. The first-order valence-corrected chi connectivity index (χ1v) is 16.5. The van der Waals surface area contributed by atoms with Gasteiger partial charge in [0.25, 0.3) is 10.0 Å². The maximum Gasteiger partial charge on any atom is 0.264 e. The van der Waals surface area contributed by atoms with Gasteiger partial charge in [0.1, 0.15) is 24.1 Å². The van der Waals surface area contributed by atoms with Crippen molar-refractivity contribution in [1.29, 1.82) is 0 Å². The molecule has 0 radical (unpaired) electrons. The molecule has 4 aromatic carbocycles. The fourth-order valence-electron chi connectivity index (χ4n) is 4.91. The van der Waals surface area contributed by atoms with E-state index in [9.17, 15) is 18.0 Å². The van der Waals surface area contributed by atoms with Crippen LogP contribution in [0.4, 0.5) is 5.69 Å². The van der Waals surface area contributed by atoms with E-state index in [1.807, 2.05) is 50.2 Å². The maximum absolute atomic E-state index is 14.5. The topological polar surface area (TPSA) is 105 Å². The highest BCUT2D eigenvalue weighted by Gasteiger charge is 2.35. The Morgan fingerprint density at radius 2 is 1.43 bits per heavy atom. The number of rotatable bonds is 14. The van der Waals surface area contributed by atoms with E-state index < -0.39 is 28.5 Å². The molecule has 242 valence electrons. The third kappa shape index (κ3) is 8.80. The monoisotopic (exact) mass is 663 g/mol. The number of methoxy groups -OCH3 is 2. The summed E-state index contributed by atoms with van der Waals surface area (Å²) in [6.07, 6.45) is 0.210. The van der Waals surface area contributed by atoms with Gasteiger partial charge in [0.2, 0.25) is 11.8 Å². The minimum atomic E-state index is -4.26. The first kappa shape index (κ1) is 34.3. The number of benzene rings is 4. The average molecular weight is 664 g/mol. The molecule has 1 N–H and O–H groups in total. The number of nitrogens with one attached hydrogen (secondary N) is 1. The van der Waals surface area contributed by atoms with Crippen molar-refractivity contribution in [2.75, 3.05) is 25.1 Å². The highest BCUT2D eigenvalue weighted by atomic mass is 35.5. The second-order valence-corrected chi connectivity index (χ2v) is 13.2. The fourth-order valence-corrected chi connectivity index (χ4v) is 6.45. The van der Waals surface area contributed by atoms with Crippen LogP contribution < -0.4 is 19.1 Å². The van der Waals surface area contributed by atoms with Crippen molar-refractivity contribution < 1.29 is 27.5 Å². The van der Waals surface area contributed by atoms with Crippen LogP contribution >= 0.6 is 11.6 Å². The number of hydrogen-bond donors (Lipinski definition) is 1. The zero-order valence-corrected chi connectivity index (χ0v) is 27.8. The first-order valence-electron chi connectivity index (χ1n) is 14.7. The molecule has 4 aromatic rings. The van der Waals surface area contributed by atoms with Gasteiger partial charge in [0.05, 0.1) is 24.8 Å². The standard InChI is InChI=1S/C35H38ClN3O6S/c1-25(2)37-35(41)33(22-26-9-6-5-7-10-26)38(23-27-11-8-12-31(21-27)45-4)34(40)24-39(29-15-13-28(36)14-16-29)46(42,43)32-19-17-30(44-3)18-20-32/h5-21,25,33H,22-24H2,1-4H3,(H,37,41)/t33-/m0/s1. The van der Waals surface area contributed by atoms with Gasteiger partial charge in [-0.3, -0.25) is 13.9 Å². The Labute approximate surface area is 275 Å². The van der Waals surface area contributed by atoms with Crippen molar-refractivity contribution in [3.8, 4) is 11.5 Å². The fraction of sp³-hybridized carbons (Fsp3) is 0.257. The summed E-state index contributed by atoms with van der Waals surface area (Å²) in [6.45, 7) is 3.13. The van der Waals surface area contributed by atoms with Gasteiger partial charge in [-0.15, -0.1) is 0 Å². The summed E-state index contributed by atoms with van der Waals surface area (Å²) in [5.41, 5.74) is 1.79. The first-order chi connectivity index (χ1) is 22.0. The van der Waals surface area contributed by atoms with Gasteiger partial charge in [-0.25, -0.2) is 8.42 Å². The lowest BCUT2D eigenvalue weighted by Gasteiger charge is -2.34. The van der Waals surface area contributed by atoms with Crippen LogP contribution in [0.15, 0.2) is 108 Å². The maximum atomic E-state index is 14.5. The van der Waals surface area contributed by atoms with Gasteiger partial charge < -0.3 is 19.7 Å². The van der Waals surface area contributed by atoms with Crippen LogP contribution in [0.25, 0.3) is 0 Å². The number of amides is 2. The van der Waals surface area contributed by atoms with Crippen LogP contribution in [0.5, 0.6) is 11.5 Å². The van der Waals surface area contributed by atoms with Gasteiger partial charge in [-0.05, 0) is 85.6 Å². The molecular formula is C35H38ClN3O6S. The number of ether oxygens (including phenoxy) is 2. The number of carbonyl (C=O) groups is 2. The molecule has 0 saturated heterocycles. The summed E-state index contributed by atoms with van der Waals surface area (Å²) in [4.78, 5) is 29.7. The van der Waals surface area contributed by atoms with Crippen molar-refractivity contribution >= 4 is 39.1 Å². The average Bonchev–Trinajstić information content (AvgIpc) is 3.05. The van der Waals surface area contributed by atoms with Crippen LogP contribution in [0.2, 0.25) is 5.02 Å². The minimum Gasteiger partial charge on any atom is -0.497 e. The quantitative estimate of drug-likeness (QED) is 0.185. The van der Waals surface area contributed by atoms with E-state index in [0.29, 0.717) is 22.1 Å². The molecule has 0 fully saturated rings. The molecule has 9 nitrogen and oxygen atoms in total. The smallest absolute Gasteiger partial charge is 0.264 e. The lowest BCUT2D eigenvalue weighted by Crippen LogP contribution is -2.54. The Balaban J connectivity index is 1.81. The molecule has 0 aliphatic heterocycles. The number of nitrogens with zero attached hydrogens (tertiary/aromatic N) is 2. The molecule has 2 amide bonds. The summed E-state index contributed by atoms with van der Waals surface area (Å²) < 4.78 is 39.9. The van der Waals surface area contributed by atoms with Gasteiger partial charge in [0, 0.05) is 24.0 Å². The van der Waals surface area contributed by atoms with Crippen LogP contribution in [-0.2, 0) is 32.6 Å². The molecule has 0 aromatic heterocycles. The molecule has 0 aliphatic carbocycles. The van der Waals surface area contributed by atoms with Crippen LogP contribution in [-0.4, -0.2) is 58.0 Å². The van der Waals surface area contributed by atoms with Gasteiger partial charge in [-0.1, -0.05) is 54.1 Å². The summed E-state index contributed by atoms with van der Waals surface area (Å²) in [6, 6.07) is 27.5. The van der Waals surface area contributed by atoms with E-state index >= 15 is 0 Å². The van der Waals surface area contributed by atoms with E-state index in [2.05, 4.69) is 5.32 Å². The summed E-state index contributed by atoms with van der Waals surface area (Å²) in [5, 5.41) is 3.36. The summed E-state index contributed by atoms with van der Waals surface area (Å²) in [7, 11) is -1.23. The SMILES string of the molecule is COc1ccc(S(=O)(=O)N(CC(=O)N(Cc2cccc(OC)c2)[C@@H](Cc2ccccc2)C(=O)NC(C)C)c2ccc(Cl)cc2)cc1. The molecule has 4 rings (SSSR count). The highest BCUT2D eigenvalue weighted by molar-refractivity contribution is 7.92. The third-order valence-corrected chi connectivity index (χ3v) is 9.27. The third-order valence-electron chi connectivity index (χ3n) is 7.23. The van der Waals surface area contributed by atoms with Crippen LogP contribution in [0, 0.1) is 0 Å². The van der Waals surface area contributed by atoms with Gasteiger partial charge in [0.15, 0.2) is 0 Å². The zero-order chi connectivity index (χ0) is 33.3. The zero-order valence-electron chi connectivity index (χ0n) is 26.2. The molecule has 1 atom stereocenters. The number of halogens is 1. The second kappa shape index (κ2) is 15.6. The summed E-state index contributed by atoms with van der Waals surface area (Å²) in [5.74, 6) is 0.138. The lowest BCUT2D eigenvalue weighted by atomic mass is 10.0. The van der Waals surface area contributed by atoms with Crippen LogP contribution in [0.3, 0.4) is 0 Å². The number of anilines is 1. The molecule has 46 heavy (non-hydrogen) atoms. The molecule has 0 unspecified atom stereocenters. The number of hydrogen-bond acceptors (Lipinski definition) is 6. The molecular weight excluding hydrogens is 626 g/mol. The van der Waals surface area contributed by atoms with Gasteiger partial charge in [-0.2, -0.15) is 0 Å². The Morgan fingerprint density at radius 1 is 0.804 bits per heavy atom. The Hall–Kier alpha value is -4.54. The molecule has 0 spiro atoms. The molecule has 0 heterocycles. The van der Waals surface area contributed by atoms with Crippen molar-refractivity contribution in [3.05, 3.63) is 119 Å². The molecule has 0 bridgehead atoms. The van der Waals surface area contributed by atoms with Gasteiger partial charge >= 0.3 is 0 Å². The molecule has 0 aliphatic rings. The van der Waals surface area contributed by atoms with Crippen molar-refractivity contribution in [1.82, 2.24) is 10.2 Å². The van der Waals surface area contributed by atoms with Crippen molar-refractivity contribution in [3.63, 3.8) is 0 Å². The minimum absolute atomic E-state index is 0.0239. The number of sulfonamides is 1. The second-order valence-electron chi connectivity index (χ2n) is 10.9. The molecule has 0 saturated carbocycles. The van der Waals surface area contributed by atoms with Crippen molar-refractivity contribution in [2.45, 2.75) is 43.8 Å². The number of carbonyl (C=O) groups excluding carboxylic acids is 2. The Kier molecular flexibility index (Phi) is 11.7. The predicted molar refractivity (Wildman–Crippen MR) is 180 cm³/mol. The summed E-state index contributed by atoms with van der Waals surface area (Å²) >= 11 is 6.14. The van der Waals surface area contributed by atoms with Crippen LogP contribution in [0.1, 0.15) is 25.0 Å². The highest BCUT2D eigenvalue weighted by Crippen LogP contribution is 2.28. The normalized spacial score (nSPS) is 11.9. The predicted octanol–water partition coefficient (Wildman–Crippen LogP) is 5.72. The van der Waals surface area contributed by atoms with E-state index in [-0.39, 0.29) is 35.5 Å². The van der Waals surface area contributed by atoms with E-state index in [4.69, 9.17) is 21.1 Å². The largest absolute Gasteiger partial charge is 0.497 e.